The van der Waals surface area contributed by atoms with Crippen LogP contribution in [0, 0.1) is 11.7 Å². The summed E-state index contributed by atoms with van der Waals surface area (Å²) in [4.78, 5) is 13.1. The van der Waals surface area contributed by atoms with Crippen molar-refractivity contribution in [3.05, 3.63) is 64.6 Å². The summed E-state index contributed by atoms with van der Waals surface area (Å²) in [6.07, 6.45) is 0.464. The zero-order valence-electron chi connectivity index (χ0n) is 15.5. The molecular weight excluding hydrogens is 443 g/mol. The third kappa shape index (κ3) is 5.42. The number of anilines is 1. The van der Waals surface area contributed by atoms with Crippen molar-refractivity contribution in [1.82, 2.24) is 14.8 Å². The van der Waals surface area contributed by atoms with E-state index >= 15 is 0 Å². The van der Waals surface area contributed by atoms with Gasteiger partial charge in [0.05, 0.1) is 12.2 Å². The van der Waals surface area contributed by atoms with Crippen molar-refractivity contribution in [3.8, 4) is 0 Å². The summed E-state index contributed by atoms with van der Waals surface area (Å²) in [6.45, 7) is 4.52. The van der Waals surface area contributed by atoms with Crippen LogP contribution in [0.3, 0.4) is 0 Å². The zero-order valence-corrected chi connectivity index (χ0v) is 17.9. The van der Waals surface area contributed by atoms with E-state index in [0.29, 0.717) is 22.9 Å². The first-order valence-electron chi connectivity index (χ1n) is 8.82. The SMILES string of the molecule is CC(C)CC(=O)Nc1ccccc1Sc1nnc(Br)n1Cc1ccc(F)cc1. The largest absolute Gasteiger partial charge is 0.325 e. The maximum atomic E-state index is 13.2. The normalized spacial score (nSPS) is 11.0. The maximum absolute atomic E-state index is 13.2. The van der Waals surface area contributed by atoms with Crippen LogP contribution in [-0.2, 0) is 11.3 Å². The van der Waals surface area contributed by atoms with Crippen LogP contribution in [0.2, 0.25) is 0 Å². The smallest absolute Gasteiger partial charge is 0.224 e. The summed E-state index contributed by atoms with van der Waals surface area (Å²) in [5, 5.41) is 12.0. The van der Waals surface area contributed by atoms with Gasteiger partial charge < -0.3 is 5.32 Å². The van der Waals surface area contributed by atoms with E-state index in [2.05, 4.69) is 31.4 Å². The third-order valence-electron chi connectivity index (χ3n) is 3.88. The molecule has 0 radical (unpaired) electrons. The fourth-order valence-electron chi connectivity index (χ4n) is 2.58. The molecule has 28 heavy (non-hydrogen) atoms. The summed E-state index contributed by atoms with van der Waals surface area (Å²) in [6, 6.07) is 13.9. The Hall–Kier alpha value is -2.19. The topological polar surface area (TPSA) is 59.8 Å². The molecule has 5 nitrogen and oxygen atoms in total. The highest BCUT2D eigenvalue weighted by molar-refractivity contribution is 9.10. The highest BCUT2D eigenvalue weighted by Crippen LogP contribution is 2.34. The zero-order chi connectivity index (χ0) is 20.1. The van der Waals surface area contributed by atoms with Gasteiger partial charge in [-0.25, -0.2) is 4.39 Å². The second-order valence-electron chi connectivity index (χ2n) is 6.71. The van der Waals surface area contributed by atoms with Gasteiger partial charge in [0.25, 0.3) is 0 Å². The number of rotatable bonds is 7. The Labute approximate surface area is 175 Å². The molecule has 0 saturated carbocycles. The Kier molecular flexibility index (Phi) is 6.85. The lowest BCUT2D eigenvalue weighted by atomic mass is 10.1. The number of carbonyl (C=O) groups excluding carboxylic acids is 1. The lowest BCUT2D eigenvalue weighted by Crippen LogP contribution is -2.14. The number of aromatic nitrogens is 3. The van der Waals surface area contributed by atoms with E-state index in [9.17, 15) is 9.18 Å². The van der Waals surface area contributed by atoms with Gasteiger partial charge in [-0.2, -0.15) is 0 Å². The van der Waals surface area contributed by atoms with Crippen LogP contribution in [0.1, 0.15) is 25.8 Å². The van der Waals surface area contributed by atoms with Gasteiger partial charge in [0.15, 0.2) is 5.16 Å². The van der Waals surface area contributed by atoms with Crippen LogP contribution < -0.4 is 5.32 Å². The van der Waals surface area contributed by atoms with Crippen molar-refractivity contribution in [3.63, 3.8) is 0 Å². The minimum Gasteiger partial charge on any atom is -0.325 e. The van der Waals surface area contributed by atoms with E-state index in [4.69, 9.17) is 0 Å². The third-order valence-corrected chi connectivity index (χ3v) is 5.53. The van der Waals surface area contributed by atoms with Gasteiger partial charge >= 0.3 is 0 Å². The Bertz CT molecular complexity index is 959. The highest BCUT2D eigenvalue weighted by Gasteiger charge is 2.15. The molecule has 1 aromatic heterocycles. The van der Waals surface area contributed by atoms with Gasteiger partial charge in [-0.15, -0.1) is 10.2 Å². The minimum atomic E-state index is -0.271. The Balaban J connectivity index is 1.81. The van der Waals surface area contributed by atoms with Crippen LogP contribution >= 0.6 is 27.7 Å². The van der Waals surface area contributed by atoms with Crippen molar-refractivity contribution in [1.29, 1.82) is 0 Å². The average molecular weight is 463 g/mol. The van der Waals surface area contributed by atoms with Gasteiger partial charge in [-0.05, 0) is 63.4 Å². The number of halogens is 2. The average Bonchev–Trinajstić information content (AvgIpc) is 2.98. The number of hydrogen-bond acceptors (Lipinski definition) is 4. The molecule has 0 spiro atoms. The standard InChI is InChI=1S/C20H20BrFN4OS/c1-13(2)11-18(27)23-16-5-3-4-6-17(16)28-20-25-24-19(21)26(20)12-14-7-9-15(22)10-8-14/h3-10,13H,11-12H2,1-2H3,(H,23,27). The first-order valence-corrected chi connectivity index (χ1v) is 10.4. The van der Waals surface area contributed by atoms with Gasteiger partial charge in [-0.3, -0.25) is 9.36 Å². The number of amides is 1. The number of hydrogen-bond donors (Lipinski definition) is 1. The van der Waals surface area contributed by atoms with E-state index in [1.54, 1.807) is 12.1 Å². The molecule has 146 valence electrons. The molecule has 0 atom stereocenters. The van der Waals surface area contributed by atoms with E-state index in [0.717, 1.165) is 16.1 Å². The first kappa shape index (κ1) is 20.5. The van der Waals surface area contributed by atoms with E-state index in [-0.39, 0.29) is 17.6 Å². The van der Waals surface area contributed by atoms with Crippen LogP contribution in [0.4, 0.5) is 10.1 Å². The van der Waals surface area contributed by atoms with E-state index < -0.39 is 0 Å². The van der Waals surface area contributed by atoms with Gasteiger partial charge in [-0.1, -0.05) is 38.1 Å². The summed E-state index contributed by atoms with van der Waals surface area (Å²) in [5.74, 6) is -0.00109. The molecule has 0 aliphatic rings. The molecular formula is C20H20BrFN4OS. The van der Waals surface area contributed by atoms with Crippen LogP contribution in [0.5, 0.6) is 0 Å². The van der Waals surface area contributed by atoms with Crippen molar-refractivity contribution >= 4 is 39.3 Å². The minimum absolute atomic E-state index is 0.0167. The molecule has 8 heteroatoms. The number of nitrogens with one attached hydrogen (secondary N) is 1. The summed E-state index contributed by atoms with van der Waals surface area (Å²) >= 11 is 4.84. The van der Waals surface area contributed by atoms with E-state index in [1.807, 2.05) is 42.7 Å². The van der Waals surface area contributed by atoms with Crippen LogP contribution in [0.15, 0.2) is 63.3 Å². The molecule has 1 N–H and O–H groups in total. The Morgan fingerprint density at radius 2 is 1.89 bits per heavy atom. The molecule has 3 rings (SSSR count). The predicted octanol–water partition coefficient (Wildman–Crippen LogP) is 5.36. The lowest BCUT2D eigenvalue weighted by molar-refractivity contribution is -0.116. The first-order chi connectivity index (χ1) is 13.4. The van der Waals surface area contributed by atoms with Crippen molar-refractivity contribution < 1.29 is 9.18 Å². The number of para-hydroxylation sites is 1. The second kappa shape index (κ2) is 9.34. The molecule has 0 aliphatic heterocycles. The van der Waals surface area contributed by atoms with Gasteiger partial charge in [0, 0.05) is 11.3 Å². The summed E-state index contributed by atoms with van der Waals surface area (Å²) < 4.78 is 15.6. The fraction of sp³-hybridized carbons (Fsp3) is 0.250. The molecule has 0 fully saturated rings. The number of carbonyl (C=O) groups is 1. The van der Waals surface area contributed by atoms with Crippen molar-refractivity contribution in [2.75, 3.05) is 5.32 Å². The lowest BCUT2D eigenvalue weighted by Gasteiger charge is -2.12. The highest BCUT2D eigenvalue weighted by atomic mass is 79.9. The maximum Gasteiger partial charge on any atom is 0.224 e. The molecule has 2 aromatic carbocycles. The number of nitrogens with zero attached hydrogens (tertiary/aromatic N) is 3. The Morgan fingerprint density at radius 3 is 2.61 bits per heavy atom. The molecule has 0 saturated heterocycles. The van der Waals surface area contributed by atoms with Gasteiger partial charge in [0.1, 0.15) is 5.82 Å². The fourth-order valence-corrected chi connectivity index (χ4v) is 3.99. The summed E-state index contributed by atoms with van der Waals surface area (Å²) in [5.41, 5.74) is 1.67. The number of benzene rings is 2. The Morgan fingerprint density at radius 1 is 1.18 bits per heavy atom. The quantitative estimate of drug-likeness (QED) is 0.512. The van der Waals surface area contributed by atoms with Crippen molar-refractivity contribution in [2.45, 2.75) is 36.9 Å². The summed E-state index contributed by atoms with van der Waals surface area (Å²) in [7, 11) is 0. The molecule has 0 bridgehead atoms. The van der Waals surface area contributed by atoms with Crippen LogP contribution in [0.25, 0.3) is 0 Å². The molecule has 3 aromatic rings. The van der Waals surface area contributed by atoms with E-state index in [1.165, 1.54) is 23.9 Å². The van der Waals surface area contributed by atoms with Crippen molar-refractivity contribution in [2.24, 2.45) is 5.92 Å². The van der Waals surface area contributed by atoms with Crippen LogP contribution in [-0.4, -0.2) is 20.7 Å². The molecule has 1 heterocycles. The second-order valence-corrected chi connectivity index (χ2v) is 8.43. The predicted molar refractivity (Wildman–Crippen MR) is 112 cm³/mol. The molecule has 0 unspecified atom stereocenters. The molecule has 0 aliphatic carbocycles. The monoisotopic (exact) mass is 462 g/mol. The van der Waals surface area contributed by atoms with Gasteiger partial charge in [0.2, 0.25) is 10.6 Å². The molecule has 1 amide bonds.